The van der Waals surface area contributed by atoms with Crippen molar-refractivity contribution < 1.29 is 14.3 Å². The van der Waals surface area contributed by atoms with Crippen LogP contribution in [0.2, 0.25) is 0 Å². The highest BCUT2D eigenvalue weighted by molar-refractivity contribution is 5.87. The number of rotatable bonds is 12. The SMILES string of the molecule is C=C[C@@H](CCCCCCCC)OCC(=C)C(=O)OC. The van der Waals surface area contributed by atoms with Crippen molar-refractivity contribution in [2.24, 2.45) is 0 Å². The second-order valence-electron chi connectivity index (χ2n) is 4.74. The van der Waals surface area contributed by atoms with Crippen LogP contribution in [0.25, 0.3) is 0 Å². The average Bonchev–Trinajstić information content (AvgIpc) is 2.44. The molecule has 19 heavy (non-hydrogen) atoms. The van der Waals surface area contributed by atoms with Gasteiger partial charge in [-0.2, -0.15) is 0 Å². The molecular weight excluding hydrogens is 240 g/mol. The van der Waals surface area contributed by atoms with Crippen LogP contribution >= 0.6 is 0 Å². The number of hydrogen-bond donors (Lipinski definition) is 0. The summed E-state index contributed by atoms with van der Waals surface area (Å²) >= 11 is 0. The van der Waals surface area contributed by atoms with E-state index in [0.717, 1.165) is 12.8 Å². The predicted molar refractivity (Wildman–Crippen MR) is 79.1 cm³/mol. The van der Waals surface area contributed by atoms with E-state index in [1.165, 1.54) is 39.2 Å². The first-order chi connectivity index (χ1) is 9.15. The third kappa shape index (κ3) is 9.48. The van der Waals surface area contributed by atoms with E-state index >= 15 is 0 Å². The van der Waals surface area contributed by atoms with Gasteiger partial charge in [-0.3, -0.25) is 0 Å². The topological polar surface area (TPSA) is 35.5 Å². The number of hydrogen-bond acceptors (Lipinski definition) is 3. The highest BCUT2D eigenvalue weighted by Crippen LogP contribution is 2.12. The van der Waals surface area contributed by atoms with Gasteiger partial charge in [-0.25, -0.2) is 4.79 Å². The maximum Gasteiger partial charge on any atom is 0.335 e. The Morgan fingerprint density at radius 2 is 1.84 bits per heavy atom. The number of carbonyl (C=O) groups is 1. The van der Waals surface area contributed by atoms with Gasteiger partial charge in [0.25, 0.3) is 0 Å². The van der Waals surface area contributed by atoms with Crippen LogP contribution in [0.15, 0.2) is 24.8 Å². The summed E-state index contributed by atoms with van der Waals surface area (Å²) in [6, 6.07) is 0. The van der Waals surface area contributed by atoms with Crippen LogP contribution in [0.3, 0.4) is 0 Å². The highest BCUT2D eigenvalue weighted by Gasteiger charge is 2.10. The van der Waals surface area contributed by atoms with Crippen molar-refractivity contribution in [3.8, 4) is 0 Å². The summed E-state index contributed by atoms with van der Waals surface area (Å²) in [6.07, 6.45) is 10.3. The fourth-order valence-corrected chi connectivity index (χ4v) is 1.81. The third-order valence-electron chi connectivity index (χ3n) is 3.05. The van der Waals surface area contributed by atoms with Crippen molar-refractivity contribution in [3.05, 3.63) is 24.8 Å². The summed E-state index contributed by atoms with van der Waals surface area (Å²) in [5.41, 5.74) is 0.345. The minimum absolute atomic E-state index is 0.00687. The van der Waals surface area contributed by atoms with Crippen LogP contribution in [0, 0.1) is 0 Å². The molecule has 0 radical (unpaired) electrons. The van der Waals surface area contributed by atoms with E-state index in [0.29, 0.717) is 5.57 Å². The van der Waals surface area contributed by atoms with Crippen LogP contribution in [0.1, 0.15) is 51.9 Å². The Kier molecular flexibility index (Phi) is 11.3. The first-order valence-electron chi connectivity index (χ1n) is 7.15. The van der Waals surface area contributed by atoms with Crippen LogP contribution in [-0.2, 0) is 14.3 Å². The number of ether oxygens (including phenoxy) is 2. The van der Waals surface area contributed by atoms with Gasteiger partial charge in [0, 0.05) is 0 Å². The van der Waals surface area contributed by atoms with E-state index in [1.54, 1.807) is 6.08 Å². The molecule has 0 aromatic carbocycles. The van der Waals surface area contributed by atoms with Gasteiger partial charge in [0.1, 0.15) is 0 Å². The summed E-state index contributed by atoms with van der Waals surface area (Å²) in [6.45, 7) is 9.82. The fourth-order valence-electron chi connectivity index (χ4n) is 1.81. The van der Waals surface area contributed by atoms with Crippen LogP contribution in [0.5, 0.6) is 0 Å². The van der Waals surface area contributed by atoms with E-state index in [2.05, 4.69) is 24.8 Å². The molecule has 0 N–H and O–H groups in total. The summed E-state index contributed by atoms with van der Waals surface area (Å²) in [4.78, 5) is 11.1. The van der Waals surface area contributed by atoms with Gasteiger partial charge in [0.2, 0.25) is 0 Å². The molecule has 0 saturated carbocycles. The molecule has 0 saturated heterocycles. The minimum atomic E-state index is -0.414. The highest BCUT2D eigenvalue weighted by atomic mass is 16.5. The normalized spacial score (nSPS) is 11.9. The zero-order valence-corrected chi connectivity index (χ0v) is 12.5. The molecule has 1 atom stereocenters. The number of unbranched alkanes of at least 4 members (excludes halogenated alkanes) is 5. The molecule has 0 rings (SSSR count). The fraction of sp³-hybridized carbons (Fsp3) is 0.688. The Morgan fingerprint density at radius 3 is 2.42 bits per heavy atom. The van der Waals surface area contributed by atoms with E-state index in [9.17, 15) is 4.79 Å². The van der Waals surface area contributed by atoms with Crippen LogP contribution in [-0.4, -0.2) is 25.8 Å². The molecule has 3 heteroatoms. The number of esters is 1. The van der Waals surface area contributed by atoms with Gasteiger partial charge in [-0.1, -0.05) is 58.1 Å². The molecule has 0 spiro atoms. The van der Waals surface area contributed by atoms with Gasteiger partial charge < -0.3 is 9.47 Å². The van der Waals surface area contributed by atoms with Gasteiger partial charge in [0.05, 0.1) is 25.4 Å². The molecule has 0 unspecified atom stereocenters. The van der Waals surface area contributed by atoms with Crippen molar-refractivity contribution in [1.29, 1.82) is 0 Å². The molecule has 0 heterocycles. The Hall–Kier alpha value is -1.09. The van der Waals surface area contributed by atoms with Gasteiger partial charge >= 0.3 is 5.97 Å². The summed E-state index contributed by atoms with van der Waals surface area (Å²) in [7, 11) is 1.34. The molecule has 0 aromatic heterocycles. The standard InChI is InChI=1S/C16H28O3/c1-5-7-8-9-10-11-12-15(6-2)19-13-14(3)16(17)18-4/h6,15H,2-3,5,7-13H2,1,4H3/t15-/m0/s1. The van der Waals surface area contributed by atoms with E-state index in [4.69, 9.17) is 4.74 Å². The predicted octanol–water partition coefficient (Wildman–Crippen LogP) is 4.04. The minimum Gasteiger partial charge on any atom is -0.466 e. The molecule has 0 aliphatic carbocycles. The molecule has 0 aliphatic rings. The Bertz CT molecular complexity index is 271. The van der Waals surface area contributed by atoms with E-state index in [1.807, 2.05) is 0 Å². The molecule has 0 aromatic rings. The maximum atomic E-state index is 11.1. The monoisotopic (exact) mass is 268 g/mol. The lowest BCUT2D eigenvalue weighted by atomic mass is 10.1. The zero-order chi connectivity index (χ0) is 14.5. The molecule has 0 aliphatic heterocycles. The zero-order valence-electron chi connectivity index (χ0n) is 12.5. The first kappa shape index (κ1) is 17.9. The Balaban J connectivity index is 3.69. The summed E-state index contributed by atoms with van der Waals surface area (Å²) in [5.74, 6) is -0.414. The Morgan fingerprint density at radius 1 is 1.21 bits per heavy atom. The number of carbonyl (C=O) groups excluding carboxylic acids is 1. The maximum absolute atomic E-state index is 11.1. The van der Waals surface area contributed by atoms with E-state index in [-0.39, 0.29) is 12.7 Å². The molecule has 0 fully saturated rings. The van der Waals surface area contributed by atoms with E-state index < -0.39 is 5.97 Å². The first-order valence-corrected chi connectivity index (χ1v) is 7.15. The third-order valence-corrected chi connectivity index (χ3v) is 3.05. The van der Waals surface area contributed by atoms with Crippen LogP contribution < -0.4 is 0 Å². The van der Waals surface area contributed by atoms with Crippen molar-refractivity contribution >= 4 is 5.97 Å². The van der Waals surface area contributed by atoms with Gasteiger partial charge in [0.15, 0.2) is 0 Å². The summed E-state index contributed by atoms with van der Waals surface area (Å²) in [5, 5.41) is 0. The molecule has 0 bridgehead atoms. The average molecular weight is 268 g/mol. The number of methoxy groups -OCH3 is 1. The molecule has 3 nitrogen and oxygen atoms in total. The second-order valence-corrected chi connectivity index (χ2v) is 4.74. The van der Waals surface area contributed by atoms with Gasteiger partial charge in [-0.15, -0.1) is 6.58 Å². The molecular formula is C16H28O3. The smallest absolute Gasteiger partial charge is 0.335 e. The van der Waals surface area contributed by atoms with Crippen molar-refractivity contribution in [2.75, 3.05) is 13.7 Å². The van der Waals surface area contributed by atoms with Crippen molar-refractivity contribution in [1.82, 2.24) is 0 Å². The summed E-state index contributed by atoms with van der Waals surface area (Å²) < 4.78 is 10.2. The van der Waals surface area contributed by atoms with Gasteiger partial charge in [-0.05, 0) is 6.42 Å². The lowest BCUT2D eigenvalue weighted by molar-refractivity contribution is -0.136. The lowest BCUT2D eigenvalue weighted by Crippen LogP contribution is -2.16. The lowest BCUT2D eigenvalue weighted by Gasteiger charge is -2.14. The molecule has 110 valence electrons. The van der Waals surface area contributed by atoms with Crippen LogP contribution in [0.4, 0.5) is 0 Å². The quantitative estimate of drug-likeness (QED) is 0.232. The Labute approximate surface area is 117 Å². The second kappa shape index (κ2) is 12.0. The largest absolute Gasteiger partial charge is 0.466 e. The van der Waals surface area contributed by atoms with Crippen molar-refractivity contribution in [3.63, 3.8) is 0 Å². The molecule has 0 amide bonds. The van der Waals surface area contributed by atoms with Crippen molar-refractivity contribution in [2.45, 2.75) is 58.0 Å².